The van der Waals surface area contributed by atoms with Gasteiger partial charge in [-0.15, -0.1) is 11.3 Å². The maximum absolute atomic E-state index is 12.7. The lowest BCUT2D eigenvalue weighted by atomic mass is 10.1. The SMILES string of the molecule is CC1CN(C(=O)c2cccc(NC(=O)CCCc3cccs3)c2)CC(=O)N1. The van der Waals surface area contributed by atoms with E-state index in [1.165, 1.54) is 9.78 Å². The molecule has 6 nitrogen and oxygen atoms in total. The minimum atomic E-state index is -0.203. The number of nitrogens with one attached hydrogen (secondary N) is 2. The number of hydrogen-bond acceptors (Lipinski definition) is 4. The lowest BCUT2D eigenvalue weighted by Gasteiger charge is -2.31. The molecule has 3 rings (SSSR count). The van der Waals surface area contributed by atoms with Crippen LogP contribution < -0.4 is 10.6 Å². The third-order valence-corrected chi connectivity index (χ3v) is 5.26. The molecule has 0 saturated carbocycles. The maximum atomic E-state index is 12.7. The fourth-order valence-electron chi connectivity index (χ4n) is 3.10. The summed E-state index contributed by atoms with van der Waals surface area (Å²) in [7, 11) is 0. The molecule has 1 fully saturated rings. The molecule has 0 aliphatic carbocycles. The van der Waals surface area contributed by atoms with Gasteiger partial charge in [0.1, 0.15) is 0 Å². The van der Waals surface area contributed by atoms with E-state index >= 15 is 0 Å². The van der Waals surface area contributed by atoms with Crippen LogP contribution in [0.4, 0.5) is 5.69 Å². The number of carbonyl (C=O) groups is 3. The van der Waals surface area contributed by atoms with Gasteiger partial charge in [0.25, 0.3) is 5.91 Å². The number of aryl methyl sites for hydroxylation is 1. The van der Waals surface area contributed by atoms with Crippen LogP contribution in [-0.4, -0.2) is 41.8 Å². The van der Waals surface area contributed by atoms with Crippen LogP contribution in [0.15, 0.2) is 41.8 Å². The van der Waals surface area contributed by atoms with Gasteiger partial charge in [0.15, 0.2) is 0 Å². The molecule has 2 aromatic rings. The Hall–Kier alpha value is -2.67. The van der Waals surface area contributed by atoms with Crippen LogP contribution in [0, 0.1) is 0 Å². The van der Waals surface area contributed by atoms with E-state index in [-0.39, 0.29) is 30.3 Å². The van der Waals surface area contributed by atoms with Crippen LogP contribution in [0.2, 0.25) is 0 Å². The lowest BCUT2D eigenvalue weighted by molar-refractivity contribution is -0.124. The quantitative estimate of drug-likeness (QED) is 0.802. The Bertz CT molecular complexity index is 820. The first-order valence-corrected chi connectivity index (χ1v) is 9.90. The number of hydrogen-bond donors (Lipinski definition) is 2. The Labute approximate surface area is 162 Å². The van der Waals surface area contributed by atoms with E-state index in [2.05, 4.69) is 16.7 Å². The normalized spacial score (nSPS) is 16.7. The third-order valence-electron chi connectivity index (χ3n) is 4.32. The topological polar surface area (TPSA) is 78.5 Å². The molecule has 1 aliphatic rings. The molecule has 1 unspecified atom stereocenters. The molecule has 2 N–H and O–H groups in total. The van der Waals surface area contributed by atoms with Crippen molar-refractivity contribution in [2.45, 2.75) is 32.2 Å². The first kappa shape index (κ1) is 19.1. The number of amides is 3. The van der Waals surface area contributed by atoms with Gasteiger partial charge in [-0.1, -0.05) is 12.1 Å². The van der Waals surface area contributed by atoms with E-state index < -0.39 is 0 Å². The Kier molecular flexibility index (Phi) is 6.24. The van der Waals surface area contributed by atoms with E-state index in [1.54, 1.807) is 35.6 Å². The molecule has 142 valence electrons. The molecular weight excluding hydrogens is 362 g/mol. The van der Waals surface area contributed by atoms with Crippen LogP contribution in [0.5, 0.6) is 0 Å². The highest BCUT2D eigenvalue weighted by Crippen LogP contribution is 2.16. The summed E-state index contributed by atoms with van der Waals surface area (Å²) in [6.07, 6.45) is 2.10. The zero-order valence-corrected chi connectivity index (χ0v) is 16.1. The van der Waals surface area contributed by atoms with Gasteiger partial charge in [0, 0.05) is 35.1 Å². The van der Waals surface area contributed by atoms with Gasteiger partial charge in [0.2, 0.25) is 11.8 Å². The van der Waals surface area contributed by atoms with Crippen molar-refractivity contribution in [1.82, 2.24) is 10.2 Å². The molecule has 1 atom stereocenters. The number of nitrogens with zero attached hydrogens (tertiary/aromatic N) is 1. The number of anilines is 1. The summed E-state index contributed by atoms with van der Waals surface area (Å²) in [5.74, 6) is -0.426. The molecule has 1 saturated heterocycles. The number of piperazine rings is 1. The average Bonchev–Trinajstić information content (AvgIpc) is 3.14. The van der Waals surface area contributed by atoms with Gasteiger partial charge in [-0.05, 0) is 49.4 Å². The Morgan fingerprint density at radius 3 is 2.89 bits per heavy atom. The van der Waals surface area contributed by atoms with E-state index in [4.69, 9.17) is 0 Å². The summed E-state index contributed by atoms with van der Waals surface area (Å²) in [6.45, 7) is 2.40. The summed E-state index contributed by atoms with van der Waals surface area (Å²) in [5.41, 5.74) is 1.06. The Morgan fingerprint density at radius 2 is 2.15 bits per heavy atom. The monoisotopic (exact) mass is 385 g/mol. The summed E-state index contributed by atoms with van der Waals surface area (Å²) < 4.78 is 0. The van der Waals surface area contributed by atoms with Crippen molar-refractivity contribution < 1.29 is 14.4 Å². The highest BCUT2D eigenvalue weighted by Gasteiger charge is 2.26. The van der Waals surface area contributed by atoms with Crippen molar-refractivity contribution in [3.63, 3.8) is 0 Å². The summed E-state index contributed by atoms with van der Waals surface area (Å²) >= 11 is 1.70. The highest BCUT2D eigenvalue weighted by atomic mass is 32.1. The second-order valence-corrected chi connectivity index (χ2v) is 7.75. The van der Waals surface area contributed by atoms with Crippen molar-refractivity contribution in [2.24, 2.45) is 0 Å². The molecule has 27 heavy (non-hydrogen) atoms. The van der Waals surface area contributed by atoms with Crippen molar-refractivity contribution in [2.75, 3.05) is 18.4 Å². The van der Waals surface area contributed by atoms with Crippen LogP contribution in [0.1, 0.15) is 35.0 Å². The second-order valence-electron chi connectivity index (χ2n) is 6.72. The van der Waals surface area contributed by atoms with E-state index in [1.807, 2.05) is 18.4 Å². The Morgan fingerprint density at radius 1 is 1.30 bits per heavy atom. The molecule has 0 bridgehead atoms. The van der Waals surface area contributed by atoms with E-state index in [0.717, 1.165) is 12.8 Å². The predicted octanol–water partition coefficient (Wildman–Crippen LogP) is 2.67. The molecule has 0 radical (unpaired) electrons. The van der Waals surface area contributed by atoms with E-state index in [9.17, 15) is 14.4 Å². The zero-order valence-electron chi connectivity index (χ0n) is 15.2. The molecule has 1 aromatic carbocycles. The van der Waals surface area contributed by atoms with Crippen molar-refractivity contribution >= 4 is 34.7 Å². The molecule has 0 spiro atoms. The first-order chi connectivity index (χ1) is 13.0. The van der Waals surface area contributed by atoms with Crippen molar-refractivity contribution in [3.05, 3.63) is 52.2 Å². The second kappa shape index (κ2) is 8.81. The van der Waals surface area contributed by atoms with Crippen LogP contribution >= 0.6 is 11.3 Å². The number of thiophene rings is 1. The summed E-state index contributed by atoms with van der Waals surface area (Å²) in [5, 5.41) is 7.68. The number of rotatable bonds is 6. The summed E-state index contributed by atoms with van der Waals surface area (Å²) in [4.78, 5) is 39.3. The van der Waals surface area contributed by atoms with Gasteiger partial charge in [-0.25, -0.2) is 0 Å². The largest absolute Gasteiger partial charge is 0.350 e. The fraction of sp³-hybridized carbons (Fsp3) is 0.350. The summed E-state index contributed by atoms with van der Waals surface area (Å²) in [6, 6.07) is 10.9. The van der Waals surface area contributed by atoms with Crippen molar-refractivity contribution in [3.8, 4) is 0 Å². The predicted molar refractivity (Wildman–Crippen MR) is 106 cm³/mol. The van der Waals surface area contributed by atoms with Gasteiger partial charge >= 0.3 is 0 Å². The molecule has 2 heterocycles. The Balaban J connectivity index is 1.55. The lowest BCUT2D eigenvalue weighted by Crippen LogP contribution is -2.54. The fourth-order valence-corrected chi connectivity index (χ4v) is 3.85. The van der Waals surface area contributed by atoms with Crippen LogP contribution in [0.3, 0.4) is 0 Å². The van der Waals surface area contributed by atoms with Gasteiger partial charge < -0.3 is 15.5 Å². The standard InChI is InChI=1S/C20H23N3O3S/c1-14-12-23(13-19(25)21-14)20(26)15-5-2-6-16(11-15)22-18(24)9-3-7-17-8-4-10-27-17/h2,4-6,8,10-11,14H,3,7,9,12-13H2,1H3,(H,21,25)(H,22,24). The van der Waals surface area contributed by atoms with Crippen LogP contribution in [-0.2, 0) is 16.0 Å². The first-order valence-electron chi connectivity index (χ1n) is 9.02. The maximum Gasteiger partial charge on any atom is 0.254 e. The molecule has 1 aliphatic heterocycles. The van der Waals surface area contributed by atoms with E-state index in [0.29, 0.717) is 24.2 Å². The van der Waals surface area contributed by atoms with Gasteiger partial charge in [-0.2, -0.15) is 0 Å². The van der Waals surface area contributed by atoms with Gasteiger partial charge in [-0.3, -0.25) is 14.4 Å². The minimum absolute atomic E-state index is 0.0580. The minimum Gasteiger partial charge on any atom is -0.350 e. The number of benzene rings is 1. The molecule has 1 aromatic heterocycles. The van der Waals surface area contributed by atoms with Crippen LogP contribution in [0.25, 0.3) is 0 Å². The van der Waals surface area contributed by atoms with Crippen molar-refractivity contribution in [1.29, 1.82) is 0 Å². The molecular formula is C20H23N3O3S. The third kappa shape index (κ3) is 5.40. The van der Waals surface area contributed by atoms with Gasteiger partial charge in [0.05, 0.1) is 6.54 Å². The molecule has 7 heteroatoms. The number of carbonyl (C=O) groups excluding carboxylic acids is 3. The zero-order chi connectivity index (χ0) is 19.2. The highest BCUT2D eigenvalue weighted by molar-refractivity contribution is 7.09. The molecule has 3 amide bonds. The smallest absolute Gasteiger partial charge is 0.254 e. The average molecular weight is 385 g/mol.